The van der Waals surface area contributed by atoms with Crippen molar-refractivity contribution in [2.75, 3.05) is 26.2 Å². The van der Waals surface area contributed by atoms with E-state index in [0.717, 1.165) is 37.1 Å². The smallest absolute Gasteiger partial charge is 0.120 e. The van der Waals surface area contributed by atoms with E-state index in [1.807, 2.05) is 24.3 Å². The van der Waals surface area contributed by atoms with Crippen molar-refractivity contribution in [1.82, 2.24) is 10.2 Å². The molecule has 19 heavy (non-hydrogen) atoms. The molecule has 3 rings (SSSR count). The first kappa shape index (κ1) is 12.5. The second-order valence-corrected chi connectivity index (χ2v) is 5.18. The van der Waals surface area contributed by atoms with Gasteiger partial charge in [-0.1, -0.05) is 30.3 Å². The van der Waals surface area contributed by atoms with E-state index in [9.17, 15) is 5.11 Å². The highest BCUT2D eigenvalue weighted by molar-refractivity contribution is 5.88. The molecule has 1 heterocycles. The molecule has 1 aliphatic rings. The molecule has 0 amide bonds. The molecule has 0 spiro atoms. The molecule has 0 unspecified atom stereocenters. The summed E-state index contributed by atoms with van der Waals surface area (Å²) in [4.78, 5) is 2.43. The number of phenols is 1. The van der Waals surface area contributed by atoms with Gasteiger partial charge in [-0.15, -0.1) is 0 Å². The second-order valence-electron chi connectivity index (χ2n) is 5.18. The van der Waals surface area contributed by atoms with Gasteiger partial charge in [-0.05, 0) is 23.8 Å². The van der Waals surface area contributed by atoms with Crippen LogP contribution in [0.15, 0.2) is 36.4 Å². The molecule has 1 saturated heterocycles. The Morgan fingerprint density at radius 2 is 1.84 bits per heavy atom. The van der Waals surface area contributed by atoms with Crippen molar-refractivity contribution in [2.24, 2.45) is 0 Å². The average Bonchev–Trinajstić information content (AvgIpc) is 2.47. The summed E-state index contributed by atoms with van der Waals surface area (Å²) in [5, 5.41) is 16.0. The lowest BCUT2D eigenvalue weighted by molar-refractivity contribution is 0.184. The summed E-state index contributed by atoms with van der Waals surface area (Å²) in [5.74, 6) is 0.407. The molecule has 1 fully saturated rings. The summed E-state index contributed by atoms with van der Waals surface area (Å²) in [6.07, 6.45) is 0. The SMILES string of the molecule is C[C@H](c1c(O)ccc2ccccc12)N1CCNCC1. The van der Waals surface area contributed by atoms with Crippen LogP contribution in [0.2, 0.25) is 0 Å². The number of aromatic hydroxyl groups is 1. The Morgan fingerprint density at radius 1 is 1.11 bits per heavy atom. The molecule has 0 radical (unpaired) electrons. The van der Waals surface area contributed by atoms with Gasteiger partial charge in [0.05, 0.1) is 0 Å². The predicted octanol–water partition coefficient (Wildman–Crippen LogP) is 2.51. The molecule has 0 aliphatic carbocycles. The fourth-order valence-corrected chi connectivity index (χ4v) is 2.98. The monoisotopic (exact) mass is 256 g/mol. The molecule has 0 bridgehead atoms. The third kappa shape index (κ3) is 2.31. The van der Waals surface area contributed by atoms with Gasteiger partial charge in [0.1, 0.15) is 5.75 Å². The van der Waals surface area contributed by atoms with Crippen molar-refractivity contribution in [1.29, 1.82) is 0 Å². The van der Waals surface area contributed by atoms with E-state index in [1.165, 1.54) is 5.39 Å². The number of hydrogen-bond donors (Lipinski definition) is 2. The van der Waals surface area contributed by atoms with E-state index in [1.54, 1.807) is 0 Å². The Labute approximate surface area is 113 Å². The summed E-state index contributed by atoms with van der Waals surface area (Å²) >= 11 is 0. The van der Waals surface area contributed by atoms with Crippen molar-refractivity contribution in [3.63, 3.8) is 0 Å². The Bertz CT molecular complexity index is 576. The van der Waals surface area contributed by atoms with E-state index >= 15 is 0 Å². The van der Waals surface area contributed by atoms with E-state index < -0.39 is 0 Å². The highest BCUT2D eigenvalue weighted by Crippen LogP contribution is 2.35. The maximum absolute atomic E-state index is 10.3. The molecule has 2 aromatic rings. The van der Waals surface area contributed by atoms with Crippen molar-refractivity contribution in [2.45, 2.75) is 13.0 Å². The van der Waals surface area contributed by atoms with Gasteiger partial charge in [-0.2, -0.15) is 0 Å². The molecule has 1 aliphatic heterocycles. The van der Waals surface area contributed by atoms with Crippen LogP contribution in [-0.4, -0.2) is 36.2 Å². The van der Waals surface area contributed by atoms with Crippen LogP contribution in [0.4, 0.5) is 0 Å². The molecule has 2 aromatic carbocycles. The van der Waals surface area contributed by atoms with Crippen LogP contribution < -0.4 is 5.32 Å². The number of piperazine rings is 1. The fraction of sp³-hybridized carbons (Fsp3) is 0.375. The van der Waals surface area contributed by atoms with Gasteiger partial charge < -0.3 is 10.4 Å². The van der Waals surface area contributed by atoms with E-state index in [0.29, 0.717) is 5.75 Å². The molecule has 3 nitrogen and oxygen atoms in total. The van der Waals surface area contributed by atoms with Crippen molar-refractivity contribution in [3.05, 3.63) is 42.0 Å². The Morgan fingerprint density at radius 3 is 2.63 bits per heavy atom. The quantitative estimate of drug-likeness (QED) is 0.866. The maximum Gasteiger partial charge on any atom is 0.120 e. The summed E-state index contributed by atoms with van der Waals surface area (Å²) in [7, 11) is 0. The molecule has 0 saturated carbocycles. The van der Waals surface area contributed by atoms with E-state index in [4.69, 9.17) is 0 Å². The number of rotatable bonds is 2. The number of benzene rings is 2. The maximum atomic E-state index is 10.3. The van der Waals surface area contributed by atoms with Crippen molar-refractivity contribution >= 4 is 10.8 Å². The molecule has 0 aromatic heterocycles. The standard InChI is InChI=1S/C16H20N2O/c1-12(18-10-8-17-9-11-18)16-14-5-3-2-4-13(14)6-7-15(16)19/h2-7,12,17,19H,8-11H2,1H3/t12-/m1/s1. The summed E-state index contributed by atoms with van der Waals surface area (Å²) in [6.45, 7) is 6.30. The molecule has 1 atom stereocenters. The first-order valence-corrected chi connectivity index (χ1v) is 6.93. The van der Waals surface area contributed by atoms with Crippen LogP contribution in [0.25, 0.3) is 10.8 Å². The average molecular weight is 256 g/mol. The van der Waals surface area contributed by atoms with Gasteiger partial charge in [0.15, 0.2) is 0 Å². The lowest BCUT2D eigenvalue weighted by Crippen LogP contribution is -2.44. The summed E-state index contributed by atoms with van der Waals surface area (Å²) in [5.41, 5.74) is 1.06. The van der Waals surface area contributed by atoms with Gasteiger partial charge in [0, 0.05) is 37.8 Å². The largest absolute Gasteiger partial charge is 0.508 e. The molecule has 2 N–H and O–H groups in total. The zero-order valence-electron chi connectivity index (χ0n) is 11.3. The Balaban J connectivity index is 2.05. The fourth-order valence-electron chi connectivity index (χ4n) is 2.98. The molecular weight excluding hydrogens is 236 g/mol. The summed E-state index contributed by atoms with van der Waals surface area (Å²) < 4.78 is 0. The van der Waals surface area contributed by atoms with Crippen LogP contribution in [-0.2, 0) is 0 Å². The topological polar surface area (TPSA) is 35.5 Å². The van der Waals surface area contributed by atoms with Crippen LogP contribution in [0, 0.1) is 0 Å². The second kappa shape index (κ2) is 5.19. The number of hydrogen-bond acceptors (Lipinski definition) is 3. The minimum Gasteiger partial charge on any atom is -0.508 e. The number of nitrogens with zero attached hydrogens (tertiary/aromatic N) is 1. The lowest BCUT2D eigenvalue weighted by Gasteiger charge is -2.33. The highest BCUT2D eigenvalue weighted by atomic mass is 16.3. The lowest BCUT2D eigenvalue weighted by atomic mass is 9.97. The van der Waals surface area contributed by atoms with Crippen molar-refractivity contribution < 1.29 is 5.11 Å². The zero-order valence-corrected chi connectivity index (χ0v) is 11.3. The zero-order chi connectivity index (χ0) is 13.2. The van der Waals surface area contributed by atoms with Crippen LogP contribution >= 0.6 is 0 Å². The number of nitrogens with one attached hydrogen (secondary N) is 1. The van der Waals surface area contributed by atoms with Crippen molar-refractivity contribution in [3.8, 4) is 5.75 Å². The van der Waals surface area contributed by atoms with Crippen LogP contribution in [0.1, 0.15) is 18.5 Å². The Kier molecular flexibility index (Phi) is 3.40. The van der Waals surface area contributed by atoms with Gasteiger partial charge in [0.2, 0.25) is 0 Å². The highest BCUT2D eigenvalue weighted by Gasteiger charge is 2.22. The van der Waals surface area contributed by atoms with Gasteiger partial charge in [-0.25, -0.2) is 0 Å². The predicted molar refractivity (Wildman–Crippen MR) is 78.5 cm³/mol. The van der Waals surface area contributed by atoms with E-state index in [-0.39, 0.29) is 6.04 Å². The third-order valence-corrected chi connectivity index (χ3v) is 4.06. The normalized spacial score (nSPS) is 18.6. The summed E-state index contributed by atoms with van der Waals surface area (Å²) in [6, 6.07) is 12.3. The first-order chi connectivity index (χ1) is 9.27. The minimum absolute atomic E-state index is 0.244. The van der Waals surface area contributed by atoms with Gasteiger partial charge >= 0.3 is 0 Å². The molecule has 3 heteroatoms. The minimum atomic E-state index is 0.244. The Hall–Kier alpha value is -1.58. The number of fused-ring (bicyclic) bond motifs is 1. The third-order valence-electron chi connectivity index (χ3n) is 4.06. The molecule has 100 valence electrons. The molecular formula is C16H20N2O. The number of phenolic OH excluding ortho intramolecular Hbond substituents is 1. The van der Waals surface area contributed by atoms with Crippen LogP contribution in [0.3, 0.4) is 0 Å². The van der Waals surface area contributed by atoms with Crippen LogP contribution in [0.5, 0.6) is 5.75 Å². The van der Waals surface area contributed by atoms with E-state index in [2.05, 4.69) is 29.3 Å². The van der Waals surface area contributed by atoms with Gasteiger partial charge in [0.25, 0.3) is 0 Å². The van der Waals surface area contributed by atoms with Gasteiger partial charge in [-0.3, -0.25) is 4.90 Å². The first-order valence-electron chi connectivity index (χ1n) is 6.93.